The van der Waals surface area contributed by atoms with Crippen LogP contribution in [0.3, 0.4) is 0 Å². The quantitative estimate of drug-likeness (QED) is 0.307. The van der Waals surface area contributed by atoms with Crippen molar-refractivity contribution in [3.63, 3.8) is 0 Å². The molecule has 3 aromatic carbocycles. The van der Waals surface area contributed by atoms with Gasteiger partial charge in [0.25, 0.3) is 0 Å². The van der Waals surface area contributed by atoms with Crippen molar-refractivity contribution in [3.05, 3.63) is 126 Å². The topological polar surface area (TPSA) is 65.0 Å². The summed E-state index contributed by atoms with van der Waals surface area (Å²) in [6.45, 7) is 1.42. The minimum atomic E-state index is -0.712. The minimum absolute atomic E-state index is 0.0812. The van der Waals surface area contributed by atoms with E-state index in [1.165, 1.54) is 0 Å². The van der Waals surface area contributed by atoms with Crippen LogP contribution in [0.2, 0.25) is 0 Å². The number of nitrogens with zero attached hydrogens (tertiary/aromatic N) is 3. The Labute approximate surface area is 210 Å². The van der Waals surface area contributed by atoms with Crippen molar-refractivity contribution in [2.75, 3.05) is 13.2 Å². The molecule has 0 amide bonds. The molecule has 2 aromatic heterocycles. The Kier molecular flexibility index (Phi) is 6.10. The van der Waals surface area contributed by atoms with Crippen LogP contribution in [-0.2, 0) is 10.3 Å². The zero-order valence-corrected chi connectivity index (χ0v) is 20.0. The summed E-state index contributed by atoms with van der Waals surface area (Å²) >= 11 is 0. The van der Waals surface area contributed by atoms with Crippen LogP contribution < -0.4 is 4.74 Å². The average Bonchev–Trinajstić information content (AvgIpc) is 3.62. The number of hydrogen-bond acceptors (Lipinski definition) is 4. The van der Waals surface area contributed by atoms with Crippen molar-refractivity contribution in [2.24, 2.45) is 0 Å². The van der Waals surface area contributed by atoms with Gasteiger partial charge in [0.15, 0.2) is 11.4 Å². The number of aromatic amines is 1. The molecule has 0 aliphatic carbocycles. The van der Waals surface area contributed by atoms with Crippen molar-refractivity contribution >= 4 is 0 Å². The molecule has 3 heterocycles. The number of rotatable bonds is 7. The van der Waals surface area contributed by atoms with E-state index in [0.29, 0.717) is 13.2 Å². The highest BCUT2D eigenvalue weighted by molar-refractivity contribution is 5.63. The second-order valence-electron chi connectivity index (χ2n) is 8.99. The lowest BCUT2D eigenvalue weighted by Gasteiger charge is -2.36. The lowest BCUT2D eigenvalue weighted by Crippen LogP contribution is -2.38. The van der Waals surface area contributed by atoms with E-state index in [1.807, 2.05) is 30.5 Å². The maximum atomic E-state index is 6.58. The fraction of sp³-hybridized carbons (Fsp3) is 0.200. The van der Waals surface area contributed by atoms with Crippen molar-refractivity contribution in [1.82, 2.24) is 20.0 Å². The van der Waals surface area contributed by atoms with Crippen molar-refractivity contribution in [2.45, 2.75) is 24.5 Å². The van der Waals surface area contributed by atoms with Crippen molar-refractivity contribution in [3.8, 4) is 17.1 Å². The third kappa shape index (κ3) is 3.99. The molecule has 0 bridgehead atoms. The van der Waals surface area contributed by atoms with Crippen LogP contribution in [0.15, 0.2) is 109 Å². The Hall–Kier alpha value is -4.16. The van der Waals surface area contributed by atoms with Crippen LogP contribution in [0, 0.1) is 0 Å². The fourth-order valence-electron chi connectivity index (χ4n) is 5.10. The van der Waals surface area contributed by atoms with Gasteiger partial charge in [-0.15, -0.1) is 0 Å². The molecule has 1 N–H and O–H groups in total. The molecule has 0 atom stereocenters. The molecule has 0 saturated carbocycles. The molecule has 1 aliphatic heterocycles. The second kappa shape index (κ2) is 9.84. The third-order valence-electron chi connectivity index (χ3n) is 6.82. The summed E-state index contributed by atoms with van der Waals surface area (Å²) < 4.78 is 14.2. The van der Waals surface area contributed by atoms with E-state index < -0.39 is 5.54 Å². The predicted octanol–water partition coefficient (Wildman–Crippen LogP) is 5.67. The monoisotopic (exact) mass is 476 g/mol. The van der Waals surface area contributed by atoms with Gasteiger partial charge in [-0.25, -0.2) is 4.68 Å². The zero-order chi connectivity index (χ0) is 24.2. The molecule has 1 aliphatic rings. The van der Waals surface area contributed by atoms with Crippen LogP contribution >= 0.6 is 0 Å². The highest BCUT2D eigenvalue weighted by Crippen LogP contribution is 2.43. The van der Waals surface area contributed by atoms with Gasteiger partial charge < -0.3 is 9.47 Å². The first-order valence-electron chi connectivity index (χ1n) is 12.4. The van der Waals surface area contributed by atoms with Gasteiger partial charge in [0.2, 0.25) is 0 Å². The maximum Gasteiger partial charge on any atom is 0.167 e. The summed E-state index contributed by atoms with van der Waals surface area (Å²) in [7, 11) is 0. The molecule has 0 radical (unpaired) electrons. The van der Waals surface area contributed by atoms with Crippen LogP contribution in [0.25, 0.3) is 11.4 Å². The first kappa shape index (κ1) is 22.3. The Morgan fingerprint density at radius 2 is 1.33 bits per heavy atom. The molecule has 1 saturated heterocycles. The summed E-state index contributed by atoms with van der Waals surface area (Å²) in [5.74, 6) is 0.735. The molecule has 0 spiro atoms. The van der Waals surface area contributed by atoms with E-state index in [0.717, 1.165) is 46.7 Å². The molecule has 1 fully saturated rings. The molecule has 6 rings (SSSR count). The molecule has 180 valence electrons. The lowest BCUT2D eigenvalue weighted by atomic mass is 9.77. The number of nitrogens with one attached hydrogen (secondary N) is 1. The molecular weight excluding hydrogens is 448 g/mol. The molecule has 5 aromatic rings. The van der Waals surface area contributed by atoms with E-state index in [4.69, 9.17) is 14.6 Å². The highest BCUT2D eigenvalue weighted by atomic mass is 16.5. The van der Waals surface area contributed by atoms with E-state index in [1.54, 1.807) is 6.20 Å². The summed E-state index contributed by atoms with van der Waals surface area (Å²) in [6.07, 6.45) is 5.57. The third-order valence-corrected chi connectivity index (χ3v) is 6.82. The predicted molar refractivity (Wildman–Crippen MR) is 139 cm³/mol. The molecule has 0 unspecified atom stereocenters. The number of ether oxygens (including phenoxy) is 2. The average molecular weight is 477 g/mol. The van der Waals surface area contributed by atoms with Gasteiger partial charge in [-0.05, 0) is 22.8 Å². The molecular formula is C30H28N4O2. The Bertz CT molecular complexity index is 1280. The van der Waals surface area contributed by atoms with Gasteiger partial charge in [-0.1, -0.05) is 91.0 Å². The summed E-state index contributed by atoms with van der Waals surface area (Å²) in [4.78, 5) is 0. The zero-order valence-electron chi connectivity index (χ0n) is 20.0. The summed E-state index contributed by atoms with van der Waals surface area (Å²) in [5.41, 5.74) is 4.18. The Balaban J connectivity index is 1.61. The van der Waals surface area contributed by atoms with Gasteiger partial charge in [-0.2, -0.15) is 10.2 Å². The molecule has 6 heteroatoms. The first-order chi connectivity index (χ1) is 17.9. The van der Waals surface area contributed by atoms with E-state index in [2.05, 4.69) is 87.7 Å². The van der Waals surface area contributed by atoms with E-state index in [-0.39, 0.29) is 6.10 Å². The van der Waals surface area contributed by atoms with Crippen LogP contribution in [0.1, 0.15) is 29.5 Å². The largest absolute Gasteiger partial charge is 0.486 e. The SMILES string of the molecule is c1ccc(C(c2ccccc2)(c2ccccc2)n2cc(OC3CCOCC3)c(-c3ccn[nH]3)n2)cc1. The lowest BCUT2D eigenvalue weighted by molar-refractivity contribution is 0.0257. The fourth-order valence-corrected chi connectivity index (χ4v) is 5.10. The van der Waals surface area contributed by atoms with Crippen molar-refractivity contribution < 1.29 is 9.47 Å². The highest BCUT2D eigenvalue weighted by Gasteiger charge is 2.40. The van der Waals surface area contributed by atoms with E-state index >= 15 is 0 Å². The summed E-state index contributed by atoms with van der Waals surface area (Å²) in [6, 6.07) is 33.5. The van der Waals surface area contributed by atoms with Crippen LogP contribution in [-0.4, -0.2) is 39.3 Å². The van der Waals surface area contributed by atoms with Gasteiger partial charge >= 0.3 is 0 Å². The normalized spacial score (nSPS) is 14.6. The maximum absolute atomic E-state index is 6.58. The number of aromatic nitrogens is 4. The standard InChI is InChI=1S/C30H28N4O2/c1-4-10-23(11-5-1)30(24-12-6-2-7-13-24,25-14-8-3-9-15-25)34-22-28(36-26-17-20-35-21-18-26)29(33-34)27-16-19-31-32-27/h1-16,19,22,26H,17-18,20-21H2,(H,31,32). The molecule has 6 nitrogen and oxygen atoms in total. The van der Waals surface area contributed by atoms with Crippen LogP contribution in [0.4, 0.5) is 0 Å². The van der Waals surface area contributed by atoms with Crippen LogP contribution in [0.5, 0.6) is 5.75 Å². The van der Waals surface area contributed by atoms with Crippen molar-refractivity contribution in [1.29, 1.82) is 0 Å². The first-order valence-corrected chi connectivity index (χ1v) is 12.4. The second-order valence-corrected chi connectivity index (χ2v) is 8.99. The Morgan fingerprint density at radius 3 is 1.83 bits per heavy atom. The number of benzene rings is 3. The number of H-pyrrole nitrogens is 1. The van der Waals surface area contributed by atoms with Gasteiger partial charge in [0.05, 0.1) is 25.1 Å². The number of hydrogen-bond donors (Lipinski definition) is 1. The van der Waals surface area contributed by atoms with Gasteiger partial charge in [0, 0.05) is 19.0 Å². The van der Waals surface area contributed by atoms with Gasteiger partial charge in [0.1, 0.15) is 11.6 Å². The smallest absolute Gasteiger partial charge is 0.167 e. The van der Waals surface area contributed by atoms with E-state index in [9.17, 15) is 0 Å². The Morgan fingerprint density at radius 1 is 0.778 bits per heavy atom. The van der Waals surface area contributed by atoms with Gasteiger partial charge in [-0.3, -0.25) is 5.10 Å². The molecule has 36 heavy (non-hydrogen) atoms. The minimum Gasteiger partial charge on any atom is -0.486 e. The summed E-state index contributed by atoms with van der Waals surface area (Å²) in [5, 5.41) is 12.5.